The lowest BCUT2D eigenvalue weighted by atomic mass is 10.3. The summed E-state index contributed by atoms with van der Waals surface area (Å²) in [6.07, 6.45) is 7.26. The Morgan fingerprint density at radius 2 is 1.62 bits per heavy atom. The molecule has 0 radical (unpaired) electrons. The van der Waals surface area contributed by atoms with E-state index >= 15 is 0 Å². The number of pyridine rings is 1. The zero-order valence-electron chi connectivity index (χ0n) is 8.83. The maximum Gasteiger partial charge on any atom is 0.222 e. The first-order valence-electron chi connectivity index (χ1n) is 4.87. The number of hydrogen-bond donors (Lipinski definition) is 1. The van der Waals surface area contributed by atoms with Gasteiger partial charge in [-0.05, 0) is 12.5 Å². The summed E-state index contributed by atoms with van der Waals surface area (Å²) in [6.45, 7) is 6.40. The van der Waals surface area contributed by atoms with E-state index in [2.05, 4.69) is 13.8 Å². The van der Waals surface area contributed by atoms with Crippen molar-refractivity contribution in [2.45, 2.75) is 40.0 Å². The molecule has 0 unspecified atom stereocenters. The summed E-state index contributed by atoms with van der Waals surface area (Å²) < 4.78 is 1.02. The van der Waals surface area contributed by atoms with E-state index in [4.69, 9.17) is 5.21 Å². The van der Waals surface area contributed by atoms with Crippen LogP contribution in [0.1, 0.15) is 38.7 Å². The fourth-order valence-corrected chi connectivity index (χ4v) is 0.847. The minimum absolute atomic E-state index is 1.02. The van der Waals surface area contributed by atoms with E-state index in [9.17, 15) is 0 Å². The summed E-state index contributed by atoms with van der Waals surface area (Å²) in [6, 6.07) is 3.67. The smallest absolute Gasteiger partial charge is 0.222 e. The molecule has 1 N–H and O–H groups in total. The molecular weight excluding hydrogens is 162 g/mol. The molecule has 1 aromatic heterocycles. The van der Waals surface area contributed by atoms with E-state index in [1.54, 1.807) is 12.4 Å². The second-order valence-electron chi connectivity index (χ2n) is 3.11. The molecule has 0 bridgehead atoms. The Hall–Kier alpha value is -1.05. The highest BCUT2D eigenvalue weighted by atomic mass is 16.5. The highest BCUT2D eigenvalue weighted by Gasteiger charge is 1.89. The fraction of sp³-hybridized carbons (Fsp3) is 0.545. The first-order chi connectivity index (χ1) is 6.20. The molecule has 0 amide bonds. The number of rotatable bonds is 2. The molecule has 0 saturated heterocycles. The monoisotopic (exact) mass is 182 g/mol. The van der Waals surface area contributed by atoms with Gasteiger partial charge in [0, 0.05) is 16.9 Å². The molecule has 13 heavy (non-hydrogen) atoms. The largest absolute Gasteiger partial charge is 0.285 e. The van der Waals surface area contributed by atoms with Gasteiger partial charge in [0.2, 0.25) is 12.4 Å². The number of aryl methyl sites for hydroxylation is 1. The Morgan fingerprint density at radius 1 is 1.15 bits per heavy atom. The molecule has 0 aromatic carbocycles. The second-order valence-corrected chi connectivity index (χ2v) is 3.11. The van der Waals surface area contributed by atoms with Crippen LogP contribution in [0.5, 0.6) is 0 Å². The van der Waals surface area contributed by atoms with Gasteiger partial charge in [-0.15, -0.1) is 0 Å². The molecule has 2 heteroatoms. The Bertz CT molecular complexity index is 183. The molecule has 0 saturated carbocycles. The van der Waals surface area contributed by atoms with Gasteiger partial charge in [0.05, 0.1) is 0 Å². The van der Waals surface area contributed by atoms with Crippen molar-refractivity contribution in [3.63, 3.8) is 0 Å². The topological polar surface area (TPSA) is 24.1 Å². The van der Waals surface area contributed by atoms with Crippen LogP contribution < -0.4 is 4.73 Å². The lowest BCUT2D eigenvalue weighted by molar-refractivity contribution is -0.904. The van der Waals surface area contributed by atoms with Crippen molar-refractivity contribution in [1.82, 2.24) is 0 Å². The molecule has 0 fully saturated rings. The number of aromatic nitrogens is 1. The van der Waals surface area contributed by atoms with Crippen LogP contribution in [0, 0.1) is 6.92 Å². The number of unbranched alkanes of at least 4 members (excludes halogenated alkanes) is 2. The normalized spacial score (nSPS) is 8.85. The molecule has 1 aromatic rings. The highest BCUT2D eigenvalue weighted by Crippen LogP contribution is 1.88. The summed E-state index contributed by atoms with van der Waals surface area (Å²) in [5.41, 5.74) is 1.15. The highest BCUT2D eigenvalue weighted by molar-refractivity contribution is 5.02. The Labute approximate surface area is 80.8 Å². The quantitative estimate of drug-likeness (QED) is 0.552. The lowest BCUT2D eigenvalue weighted by Crippen LogP contribution is -2.27. The summed E-state index contributed by atoms with van der Waals surface area (Å²) >= 11 is 0. The molecule has 1 rings (SSSR count). The number of nitrogens with zero attached hydrogens (tertiary/aromatic N) is 1. The average Bonchev–Trinajstić information content (AvgIpc) is 2.13. The Kier molecular flexibility index (Phi) is 6.98. The fourth-order valence-electron chi connectivity index (χ4n) is 0.847. The summed E-state index contributed by atoms with van der Waals surface area (Å²) in [5.74, 6) is 0. The SMILES string of the molecule is CCCCC.Cc1cc[n+](O)cc1. The van der Waals surface area contributed by atoms with Crippen molar-refractivity contribution in [2.24, 2.45) is 0 Å². The molecule has 1 heterocycles. The van der Waals surface area contributed by atoms with Crippen LogP contribution in [0.2, 0.25) is 0 Å². The maximum atomic E-state index is 8.67. The predicted molar refractivity (Wildman–Crippen MR) is 53.8 cm³/mol. The Balaban J connectivity index is 0.000000252. The van der Waals surface area contributed by atoms with Crippen molar-refractivity contribution in [3.8, 4) is 0 Å². The van der Waals surface area contributed by atoms with Gasteiger partial charge in [0.25, 0.3) is 0 Å². The molecule has 0 atom stereocenters. The minimum Gasteiger partial charge on any atom is -0.285 e. The third-order valence-electron chi connectivity index (χ3n) is 1.69. The van der Waals surface area contributed by atoms with Gasteiger partial charge < -0.3 is 0 Å². The number of hydrogen-bond acceptors (Lipinski definition) is 1. The van der Waals surface area contributed by atoms with E-state index in [1.807, 2.05) is 19.1 Å². The van der Waals surface area contributed by atoms with E-state index in [0.29, 0.717) is 0 Å². The molecule has 0 aliphatic heterocycles. The zero-order chi connectivity index (χ0) is 10.1. The lowest BCUT2D eigenvalue weighted by Gasteiger charge is -1.82. The predicted octanol–water partition coefficient (Wildman–Crippen LogP) is 2.72. The van der Waals surface area contributed by atoms with Crippen molar-refractivity contribution < 1.29 is 9.94 Å². The van der Waals surface area contributed by atoms with Gasteiger partial charge in [-0.25, -0.2) is 0 Å². The average molecular weight is 182 g/mol. The molecule has 0 aliphatic rings. The van der Waals surface area contributed by atoms with Crippen molar-refractivity contribution in [3.05, 3.63) is 30.1 Å². The van der Waals surface area contributed by atoms with Crippen molar-refractivity contribution in [2.75, 3.05) is 0 Å². The van der Waals surface area contributed by atoms with Crippen LogP contribution >= 0.6 is 0 Å². The third kappa shape index (κ3) is 7.32. The first-order valence-corrected chi connectivity index (χ1v) is 4.87. The third-order valence-corrected chi connectivity index (χ3v) is 1.69. The maximum absolute atomic E-state index is 8.67. The van der Waals surface area contributed by atoms with Gasteiger partial charge in [0.1, 0.15) is 0 Å². The molecule has 74 valence electrons. The van der Waals surface area contributed by atoms with Crippen LogP contribution in [-0.2, 0) is 0 Å². The summed E-state index contributed by atoms with van der Waals surface area (Å²) in [7, 11) is 0. The van der Waals surface area contributed by atoms with E-state index in [-0.39, 0.29) is 0 Å². The van der Waals surface area contributed by atoms with Crippen molar-refractivity contribution >= 4 is 0 Å². The van der Waals surface area contributed by atoms with E-state index < -0.39 is 0 Å². The zero-order valence-corrected chi connectivity index (χ0v) is 8.83. The van der Waals surface area contributed by atoms with Crippen LogP contribution in [0.4, 0.5) is 0 Å². The standard InChI is InChI=1S/C6H8NO.C5H12/c1-6-2-4-7(8)5-3-6;1-3-5-4-2/h2-5,8H,1H3;3-5H2,1-2H3/q+1;. The van der Waals surface area contributed by atoms with Crippen molar-refractivity contribution in [1.29, 1.82) is 0 Å². The molecule has 0 aliphatic carbocycles. The van der Waals surface area contributed by atoms with Gasteiger partial charge in [-0.2, -0.15) is 0 Å². The van der Waals surface area contributed by atoms with Crippen LogP contribution in [0.25, 0.3) is 0 Å². The van der Waals surface area contributed by atoms with E-state index in [0.717, 1.165) is 10.3 Å². The summed E-state index contributed by atoms with van der Waals surface area (Å²) in [4.78, 5) is 0. The van der Waals surface area contributed by atoms with Crippen LogP contribution in [-0.4, -0.2) is 5.21 Å². The minimum atomic E-state index is 1.02. The molecular formula is C11H20NO+. The van der Waals surface area contributed by atoms with Gasteiger partial charge in [0.15, 0.2) is 0 Å². The van der Waals surface area contributed by atoms with Crippen LogP contribution in [0.3, 0.4) is 0 Å². The first kappa shape index (κ1) is 11.9. The van der Waals surface area contributed by atoms with E-state index in [1.165, 1.54) is 19.3 Å². The summed E-state index contributed by atoms with van der Waals surface area (Å²) in [5, 5.41) is 8.67. The second kappa shape index (κ2) is 7.59. The van der Waals surface area contributed by atoms with Gasteiger partial charge in [-0.3, -0.25) is 5.21 Å². The van der Waals surface area contributed by atoms with Gasteiger partial charge in [-0.1, -0.05) is 33.1 Å². The molecule has 2 nitrogen and oxygen atoms in total. The van der Waals surface area contributed by atoms with Crippen LogP contribution in [0.15, 0.2) is 24.5 Å². The molecule has 0 spiro atoms. The Morgan fingerprint density at radius 3 is 1.85 bits per heavy atom. The van der Waals surface area contributed by atoms with Gasteiger partial charge >= 0.3 is 0 Å².